The lowest BCUT2D eigenvalue weighted by Crippen LogP contribution is -2.31. The van der Waals surface area contributed by atoms with Crippen molar-refractivity contribution in [3.8, 4) is 0 Å². The molecule has 2 aromatic heterocycles. The van der Waals surface area contributed by atoms with Crippen molar-refractivity contribution in [1.82, 2.24) is 14.9 Å². The van der Waals surface area contributed by atoms with Gasteiger partial charge in [0.2, 0.25) is 0 Å². The maximum absolute atomic E-state index is 4.45. The van der Waals surface area contributed by atoms with Gasteiger partial charge in [0.05, 0.1) is 0 Å². The first kappa shape index (κ1) is 8.92. The number of fused-ring (bicyclic) bond motifs is 1. The van der Waals surface area contributed by atoms with Gasteiger partial charge in [0, 0.05) is 30.4 Å². The molecule has 3 heterocycles. The van der Waals surface area contributed by atoms with E-state index in [4.69, 9.17) is 0 Å². The molecule has 3 rings (SSSR count). The highest BCUT2D eigenvalue weighted by molar-refractivity contribution is 5.75. The average molecular weight is 201 g/mol. The van der Waals surface area contributed by atoms with Gasteiger partial charge in [0.25, 0.3) is 0 Å². The van der Waals surface area contributed by atoms with Crippen LogP contribution >= 0.6 is 0 Å². The van der Waals surface area contributed by atoms with E-state index in [2.05, 4.69) is 33.2 Å². The molecule has 1 aliphatic rings. The van der Waals surface area contributed by atoms with Crippen LogP contribution in [0.1, 0.15) is 18.9 Å². The maximum atomic E-state index is 4.45. The third-order valence-corrected chi connectivity index (χ3v) is 3.14. The summed E-state index contributed by atoms with van der Waals surface area (Å²) >= 11 is 0. The molecule has 0 bridgehead atoms. The Bertz CT molecular complexity index is 455. The minimum atomic E-state index is 0.575. The number of nitrogens with zero attached hydrogens (tertiary/aromatic N) is 2. The van der Waals surface area contributed by atoms with E-state index in [1.165, 1.54) is 18.2 Å². The number of nitrogens with one attached hydrogen (secondary N) is 1. The first-order valence-corrected chi connectivity index (χ1v) is 5.57. The smallest absolute Gasteiger partial charge is 0.140 e. The van der Waals surface area contributed by atoms with Crippen LogP contribution in [0.2, 0.25) is 0 Å². The largest absolute Gasteiger partial charge is 0.328 e. The van der Waals surface area contributed by atoms with Crippen LogP contribution in [-0.4, -0.2) is 22.6 Å². The van der Waals surface area contributed by atoms with Gasteiger partial charge < -0.3 is 9.88 Å². The summed E-state index contributed by atoms with van der Waals surface area (Å²) < 4.78 is 2.31. The summed E-state index contributed by atoms with van der Waals surface area (Å²) in [6.45, 7) is 2.23. The summed E-state index contributed by atoms with van der Waals surface area (Å²) in [6, 6.07) is 6.84. The Morgan fingerprint density at radius 2 is 2.40 bits per heavy atom. The molecule has 1 fully saturated rings. The summed E-state index contributed by atoms with van der Waals surface area (Å²) in [7, 11) is 0. The lowest BCUT2D eigenvalue weighted by Gasteiger charge is -2.24. The molecule has 1 unspecified atom stereocenters. The van der Waals surface area contributed by atoms with Gasteiger partial charge in [0.15, 0.2) is 0 Å². The van der Waals surface area contributed by atoms with Gasteiger partial charge in [-0.05, 0) is 37.6 Å². The zero-order valence-corrected chi connectivity index (χ0v) is 8.69. The predicted octanol–water partition coefficient (Wildman–Crippen LogP) is 1.96. The average Bonchev–Trinajstić information content (AvgIpc) is 2.74. The van der Waals surface area contributed by atoms with Gasteiger partial charge in [-0.2, -0.15) is 0 Å². The summed E-state index contributed by atoms with van der Waals surface area (Å²) in [6.07, 6.45) is 6.55. The van der Waals surface area contributed by atoms with E-state index in [1.54, 1.807) is 0 Å². The first-order valence-electron chi connectivity index (χ1n) is 5.57. The molecule has 1 aliphatic heterocycles. The second kappa shape index (κ2) is 3.66. The Morgan fingerprint density at radius 3 is 3.27 bits per heavy atom. The second-order valence-electron chi connectivity index (χ2n) is 4.14. The van der Waals surface area contributed by atoms with Crippen molar-refractivity contribution in [1.29, 1.82) is 0 Å². The van der Waals surface area contributed by atoms with Crippen LogP contribution in [0.4, 0.5) is 0 Å². The van der Waals surface area contributed by atoms with Gasteiger partial charge in [-0.3, -0.25) is 0 Å². The van der Waals surface area contributed by atoms with Crippen molar-refractivity contribution < 1.29 is 0 Å². The van der Waals surface area contributed by atoms with E-state index in [0.29, 0.717) is 6.04 Å². The maximum Gasteiger partial charge on any atom is 0.140 e. The summed E-state index contributed by atoms with van der Waals surface area (Å²) in [5, 5.41) is 4.68. The Kier molecular flexibility index (Phi) is 2.18. The fourth-order valence-electron chi connectivity index (χ4n) is 2.35. The summed E-state index contributed by atoms with van der Waals surface area (Å²) in [5.41, 5.74) is 1.12. The minimum absolute atomic E-state index is 0.575. The molecule has 0 aliphatic carbocycles. The minimum Gasteiger partial charge on any atom is -0.328 e. The van der Waals surface area contributed by atoms with Crippen molar-refractivity contribution in [2.75, 3.05) is 13.1 Å². The van der Waals surface area contributed by atoms with Gasteiger partial charge in [-0.15, -0.1) is 0 Å². The molecule has 0 saturated carbocycles. The highest BCUT2D eigenvalue weighted by Gasteiger charge is 2.16. The van der Waals surface area contributed by atoms with Crippen molar-refractivity contribution in [3.05, 3.63) is 30.6 Å². The van der Waals surface area contributed by atoms with Crippen LogP contribution in [-0.2, 0) is 0 Å². The fourth-order valence-corrected chi connectivity index (χ4v) is 2.35. The molecular weight excluding hydrogens is 186 g/mol. The van der Waals surface area contributed by atoms with Gasteiger partial charge in [-0.25, -0.2) is 4.98 Å². The number of pyridine rings is 1. The summed E-state index contributed by atoms with van der Waals surface area (Å²) in [5.74, 6) is 0. The van der Waals surface area contributed by atoms with Crippen LogP contribution < -0.4 is 5.32 Å². The van der Waals surface area contributed by atoms with Crippen molar-refractivity contribution in [3.63, 3.8) is 0 Å². The van der Waals surface area contributed by atoms with Crippen molar-refractivity contribution >= 4 is 11.0 Å². The molecular formula is C12H15N3. The number of piperidine rings is 1. The molecule has 3 nitrogen and oxygen atoms in total. The first-order chi connectivity index (χ1) is 7.45. The topological polar surface area (TPSA) is 29.9 Å². The second-order valence-corrected chi connectivity index (χ2v) is 4.14. The number of rotatable bonds is 1. The number of hydrogen-bond acceptors (Lipinski definition) is 2. The zero-order chi connectivity index (χ0) is 10.1. The van der Waals surface area contributed by atoms with E-state index in [9.17, 15) is 0 Å². The van der Waals surface area contributed by atoms with E-state index in [0.717, 1.165) is 18.7 Å². The number of hydrogen-bond donors (Lipinski definition) is 1. The Hall–Kier alpha value is -1.35. The fraction of sp³-hybridized carbons (Fsp3) is 0.417. The van der Waals surface area contributed by atoms with Crippen LogP contribution in [0.15, 0.2) is 30.6 Å². The molecule has 0 amide bonds. The lowest BCUT2D eigenvalue weighted by molar-refractivity contribution is 0.378. The Morgan fingerprint density at radius 1 is 1.40 bits per heavy atom. The summed E-state index contributed by atoms with van der Waals surface area (Å²) in [4.78, 5) is 4.45. The monoisotopic (exact) mass is 201 g/mol. The van der Waals surface area contributed by atoms with Gasteiger partial charge >= 0.3 is 0 Å². The molecule has 78 valence electrons. The van der Waals surface area contributed by atoms with Crippen LogP contribution in [0, 0.1) is 0 Å². The van der Waals surface area contributed by atoms with Crippen LogP contribution in [0.3, 0.4) is 0 Å². The van der Waals surface area contributed by atoms with Crippen molar-refractivity contribution in [2.24, 2.45) is 0 Å². The van der Waals surface area contributed by atoms with Crippen molar-refractivity contribution in [2.45, 2.75) is 18.9 Å². The Balaban J connectivity index is 2.02. The molecule has 1 atom stereocenters. The lowest BCUT2D eigenvalue weighted by atomic mass is 10.1. The Labute approximate surface area is 89.1 Å². The molecule has 15 heavy (non-hydrogen) atoms. The third kappa shape index (κ3) is 1.53. The van der Waals surface area contributed by atoms with Gasteiger partial charge in [0.1, 0.15) is 5.65 Å². The molecule has 0 spiro atoms. The molecule has 2 aromatic rings. The van der Waals surface area contributed by atoms with Gasteiger partial charge in [-0.1, -0.05) is 0 Å². The molecule has 0 radical (unpaired) electrons. The highest BCUT2D eigenvalue weighted by Crippen LogP contribution is 2.22. The van der Waals surface area contributed by atoms with E-state index >= 15 is 0 Å². The highest BCUT2D eigenvalue weighted by atomic mass is 15.1. The predicted molar refractivity (Wildman–Crippen MR) is 60.9 cm³/mol. The molecule has 1 saturated heterocycles. The van der Waals surface area contributed by atoms with E-state index in [-0.39, 0.29) is 0 Å². The van der Waals surface area contributed by atoms with E-state index < -0.39 is 0 Å². The molecule has 3 heteroatoms. The van der Waals surface area contributed by atoms with Crippen LogP contribution in [0.5, 0.6) is 0 Å². The number of aromatic nitrogens is 2. The SMILES string of the molecule is c1cnc2c(c1)ccn2C1CCCNC1. The third-order valence-electron chi connectivity index (χ3n) is 3.14. The zero-order valence-electron chi connectivity index (χ0n) is 8.69. The quantitative estimate of drug-likeness (QED) is 0.764. The van der Waals surface area contributed by atoms with Crippen LogP contribution in [0.25, 0.3) is 11.0 Å². The van der Waals surface area contributed by atoms with E-state index in [1.807, 2.05) is 12.3 Å². The molecule has 0 aromatic carbocycles. The normalized spacial score (nSPS) is 22.0. The molecule has 1 N–H and O–H groups in total. The standard InChI is InChI=1S/C12H15N3/c1-3-10-5-8-15(12(10)14-7-1)11-4-2-6-13-9-11/h1,3,5,7-8,11,13H,2,4,6,9H2.